The molecule has 2 N–H and O–H groups in total. The van der Waals surface area contributed by atoms with Gasteiger partial charge in [0.05, 0.1) is 18.4 Å². The van der Waals surface area contributed by atoms with E-state index in [1.807, 2.05) is 57.2 Å². The summed E-state index contributed by atoms with van der Waals surface area (Å²) in [6, 6.07) is 6.83. The van der Waals surface area contributed by atoms with Gasteiger partial charge >= 0.3 is 0 Å². The third-order valence-corrected chi connectivity index (χ3v) is 8.00. The summed E-state index contributed by atoms with van der Waals surface area (Å²) in [5.74, 6) is 1.33. The molecule has 0 aliphatic carbocycles. The number of H-pyrrole nitrogens is 1. The first kappa shape index (κ1) is 29.0. The van der Waals surface area contributed by atoms with Crippen LogP contribution in [-0.4, -0.2) is 81.7 Å². The van der Waals surface area contributed by atoms with Crippen molar-refractivity contribution in [3.05, 3.63) is 84.3 Å². The van der Waals surface area contributed by atoms with E-state index in [2.05, 4.69) is 30.6 Å². The van der Waals surface area contributed by atoms with E-state index in [9.17, 15) is 14.0 Å². The summed E-state index contributed by atoms with van der Waals surface area (Å²) in [6.07, 6.45) is 9.24. The number of carbonyl (C=O) groups is 2. The summed E-state index contributed by atoms with van der Waals surface area (Å²) in [6.45, 7) is 8.75. The number of hydrogen-bond acceptors (Lipinski definition) is 9. The second-order valence-corrected chi connectivity index (χ2v) is 10.9. The smallest absolute Gasteiger partial charge is 0.253 e. The average Bonchev–Trinajstić information content (AvgIpc) is 3.62. The van der Waals surface area contributed by atoms with Crippen molar-refractivity contribution in [2.75, 3.05) is 29.9 Å². The van der Waals surface area contributed by atoms with Crippen LogP contribution >= 0.6 is 0 Å². The molecule has 13 nitrogen and oxygen atoms in total. The predicted molar refractivity (Wildman–Crippen MR) is 160 cm³/mol. The van der Waals surface area contributed by atoms with Crippen LogP contribution in [0.25, 0.3) is 5.82 Å². The standard InChI is InChI=1S/C30H33FN11O2/c1-5-41-27(43)8-11-40(21(4)22-6-7-26(32-16-22)42-18-23(31)17-33-42)28(44)30(41)9-12-39(13-10-30)29-34-19(2)14-24(36-29)35-25-15-20(3)37-38-25/h6-9,11,14-18,21H,5,10,12-13H2,1-4H3,(H2,34,35,36,37,38)/t21?,30-/m0/s1. The molecule has 1 fully saturated rings. The molecule has 1 saturated heterocycles. The van der Waals surface area contributed by atoms with Crippen molar-refractivity contribution in [3.8, 4) is 5.82 Å². The van der Waals surface area contributed by atoms with Crippen LogP contribution in [0.3, 0.4) is 0 Å². The zero-order valence-corrected chi connectivity index (χ0v) is 24.9. The number of likely N-dealkylation sites (N-methyl/N-ethyl adjacent to an activating group) is 1. The minimum atomic E-state index is -1.16. The first-order valence-electron chi connectivity index (χ1n) is 14.4. The summed E-state index contributed by atoms with van der Waals surface area (Å²) in [7, 11) is 0. The van der Waals surface area contributed by atoms with Crippen LogP contribution in [0, 0.1) is 26.1 Å². The fourth-order valence-electron chi connectivity index (χ4n) is 5.70. The Balaban J connectivity index is 1.23. The number of halogens is 1. The van der Waals surface area contributed by atoms with Gasteiger partial charge in [-0.1, -0.05) is 6.07 Å². The van der Waals surface area contributed by atoms with Gasteiger partial charge in [-0.15, -0.1) is 0 Å². The largest absolute Gasteiger partial charge is 0.340 e. The van der Waals surface area contributed by atoms with E-state index >= 15 is 0 Å². The monoisotopic (exact) mass is 598 g/mol. The molecule has 2 aliphatic rings. The Morgan fingerprint density at radius 1 is 1.14 bits per heavy atom. The number of nitrogens with zero attached hydrogens (tertiary/aromatic N) is 9. The van der Waals surface area contributed by atoms with Gasteiger partial charge in [0, 0.05) is 68.0 Å². The number of rotatable bonds is 7. The van der Waals surface area contributed by atoms with Crippen LogP contribution in [0.1, 0.15) is 43.3 Å². The van der Waals surface area contributed by atoms with Crippen molar-refractivity contribution in [3.63, 3.8) is 0 Å². The highest BCUT2D eigenvalue weighted by Crippen LogP contribution is 2.37. The van der Waals surface area contributed by atoms with Crippen LogP contribution in [-0.2, 0) is 9.59 Å². The zero-order valence-electron chi connectivity index (χ0n) is 24.9. The fraction of sp³-hybridized carbons (Fsp3) is 0.333. The lowest BCUT2D eigenvalue weighted by molar-refractivity contribution is -0.148. The van der Waals surface area contributed by atoms with Crippen LogP contribution < -0.4 is 10.2 Å². The normalized spacial score (nSPS) is 17.3. The van der Waals surface area contributed by atoms with Gasteiger partial charge in [0.25, 0.3) is 5.91 Å². The van der Waals surface area contributed by atoms with E-state index in [0.717, 1.165) is 23.1 Å². The summed E-state index contributed by atoms with van der Waals surface area (Å²) in [4.78, 5) is 46.7. The molecule has 1 spiro atoms. The molecular formula is C30H33FN11O2. The van der Waals surface area contributed by atoms with Crippen molar-refractivity contribution < 1.29 is 14.0 Å². The quantitative estimate of drug-likeness (QED) is 0.327. The fourth-order valence-corrected chi connectivity index (χ4v) is 5.70. The third kappa shape index (κ3) is 5.38. The molecule has 44 heavy (non-hydrogen) atoms. The first-order chi connectivity index (χ1) is 21.2. The highest BCUT2D eigenvalue weighted by atomic mass is 19.1. The topological polar surface area (TPSA) is 141 Å². The van der Waals surface area contributed by atoms with Crippen LogP contribution in [0.2, 0.25) is 0 Å². The Kier molecular flexibility index (Phi) is 7.57. The minimum absolute atomic E-state index is 0.201. The molecule has 4 aromatic heterocycles. The molecule has 227 valence electrons. The highest BCUT2D eigenvalue weighted by molar-refractivity contribution is 6.00. The third-order valence-electron chi connectivity index (χ3n) is 8.00. The number of amides is 2. The summed E-state index contributed by atoms with van der Waals surface area (Å²) >= 11 is 0. The lowest BCUT2D eigenvalue weighted by Crippen LogP contribution is -2.64. The van der Waals surface area contributed by atoms with Gasteiger partial charge < -0.3 is 20.0 Å². The maximum Gasteiger partial charge on any atom is 0.253 e. The van der Waals surface area contributed by atoms with Crippen LogP contribution in [0.5, 0.6) is 0 Å². The van der Waals surface area contributed by atoms with Gasteiger partial charge in [0.15, 0.2) is 17.5 Å². The maximum atomic E-state index is 14.4. The summed E-state index contributed by atoms with van der Waals surface area (Å²) in [5.41, 5.74) is 1.30. The zero-order chi connectivity index (χ0) is 31.0. The molecule has 0 aromatic carbocycles. The van der Waals surface area contributed by atoms with Crippen LogP contribution in [0.4, 0.5) is 22.0 Å². The van der Waals surface area contributed by atoms with Crippen molar-refractivity contribution in [1.29, 1.82) is 0 Å². The highest BCUT2D eigenvalue weighted by Gasteiger charge is 2.51. The Morgan fingerprint density at radius 3 is 2.61 bits per heavy atom. The molecule has 0 saturated carbocycles. The lowest BCUT2D eigenvalue weighted by Gasteiger charge is -2.47. The number of pyridine rings is 1. The van der Waals surface area contributed by atoms with Gasteiger partial charge in [-0.2, -0.15) is 15.2 Å². The van der Waals surface area contributed by atoms with Crippen molar-refractivity contribution in [2.45, 2.75) is 45.7 Å². The molecule has 4 aromatic rings. The van der Waals surface area contributed by atoms with Gasteiger partial charge in [0.2, 0.25) is 11.9 Å². The SMILES string of the molecule is CCN1C(=O)C=CN(C(C)c2ccc(-n3cc(F)cn3)nc2)C(=O)[C@@]12[CH]CN(c1nc(C)cc(Nc3cc(C)[nH]n3)n1)CC2. The number of nitrogens with one attached hydrogen (secondary N) is 2. The number of piperidine rings is 1. The van der Waals surface area contributed by atoms with Crippen molar-refractivity contribution in [1.82, 2.24) is 44.7 Å². The van der Waals surface area contributed by atoms with Gasteiger partial charge in [-0.25, -0.2) is 19.0 Å². The molecule has 1 unspecified atom stereocenters. The molecule has 0 bridgehead atoms. The molecule has 2 amide bonds. The Labute approximate surface area is 253 Å². The second kappa shape index (κ2) is 11.5. The minimum Gasteiger partial charge on any atom is -0.340 e. The Hall–Kier alpha value is -5.14. The predicted octanol–water partition coefficient (Wildman–Crippen LogP) is 3.40. The van der Waals surface area contributed by atoms with Crippen molar-refractivity contribution in [2.24, 2.45) is 0 Å². The molecular weight excluding hydrogens is 565 g/mol. The van der Waals surface area contributed by atoms with Gasteiger partial charge in [-0.3, -0.25) is 14.7 Å². The first-order valence-corrected chi connectivity index (χ1v) is 14.4. The van der Waals surface area contributed by atoms with Crippen molar-refractivity contribution >= 4 is 29.4 Å². The van der Waals surface area contributed by atoms with E-state index in [-0.39, 0.29) is 11.8 Å². The number of aryl methyl sites for hydroxylation is 2. The van der Waals surface area contributed by atoms with E-state index in [1.54, 1.807) is 28.3 Å². The summed E-state index contributed by atoms with van der Waals surface area (Å²) < 4.78 is 14.8. The molecule has 2 aliphatic heterocycles. The number of aromatic amines is 1. The Bertz CT molecular complexity index is 1710. The number of hydrogen-bond donors (Lipinski definition) is 2. The molecule has 6 rings (SSSR count). The number of aromatic nitrogens is 7. The van der Waals surface area contributed by atoms with E-state index in [4.69, 9.17) is 4.98 Å². The average molecular weight is 599 g/mol. The number of anilines is 3. The van der Waals surface area contributed by atoms with Gasteiger partial charge in [-0.05, 0) is 45.7 Å². The molecule has 14 heteroatoms. The van der Waals surface area contributed by atoms with Gasteiger partial charge in [0.1, 0.15) is 11.4 Å². The molecule has 6 heterocycles. The maximum absolute atomic E-state index is 14.4. The Morgan fingerprint density at radius 2 is 1.98 bits per heavy atom. The molecule has 1 radical (unpaired) electrons. The van der Waals surface area contributed by atoms with E-state index in [1.165, 1.54) is 17.0 Å². The van der Waals surface area contributed by atoms with E-state index < -0.39 is 17.4 Å². The lowest BCUT2D eigenvalue weighted by atomic mass is 9.83. The molecule has 2 atom stereocenters. The van der Waals surface area contributed by atoms with Crippen LogP contribution in [0.15, 0.2) is 55.1 Å². The second-order valence-electron chi connectivity index (χ2n) is 10.9. The van der Waals surface area contributed by atoms with E-state index in [0.29, 0.717) is 49.5 Å². The number of carbonyl (C=O) groups excluding carboxylic acids is 2. The summed E-state index contributed by atoms with van der Waals surface area (Å²) in [5, 5.41) is 14.3.